The zero-order valence-corrected chi connectivity index (χ0v) is 12.6. The third-order valence-electron chi connectivity index (χ3n) is 2.06. The van der Waals surface area contributed by atoms with Crippen LogP contribution in [0.25, 0.3) is 0 Å². The number of hydrogen-bond acceptors (Lipinski definition) is 3. The summed E-state index contributed by atoms with van der Waals surface area (Å²) >= 11 is 6.86. The molecule has 1 aromatic heterocycles. The number of halogens is 2. The highest BCUT2D eigenvalue weighted by Gasteiger charge is 2.04. The van der Waals surface area contributed by atoms with E-state index in [0.29, 0.717) is 0 Å². The second kappa shape index (κ2) is 7.37. The first-order chi connectivity index (χ1) is 7.63. The van der Waals surface area contributed by atoms with Crippen molar-refractivity contribution >= 4 is 31.9 Å². The van der Waals surface area contributed by atoms with Crippen molar-refractivity contribution in [3.8, 4) is 0 Å². The Bertz CT molecular complexity index is 334. The Kier molecular flexibility index (Phi) is 6.49. The van der Waals surface area contributed by atoms with Crippen molar-refractivity contribution in [1.29, 1.82) is 0 Å². The summed E-state index contributed by atoms with van der Waals surface area (Å²) in [5, 5.41) is 3.31. The molecule has 0 aliphatic heterocycles. The lowest BCUT2D eigenvalue weighted by Gasteiger charge is -2.12. The molecule has 16 heavy (non-hydrogen) atoms. The first-order valence-corrected chi connectivity index (χ1v) is 6.84. The van der Waals surface area contributed by atoms with Crippen LogP contribution in [0.3, 0.4) is 0 Å². The molecule has 90 valence electrons. The molecule has 0 amide bonds. The van der Waals surface area contributed by atoms with Gasteiger partial charge in [-0.25, -0.2) is 0 Å². The number of aromatic nitrogens is 1. The lowest BCUT2D eigenvalue weighted by atomic mass is 10.3. The van der Waals surface area contributed by atoms with Gasteiger partial charge in [0.1, 0.15) is 0 Å². The van der Waals surface area contributed by atoms with E-state index in [4.69, 9.17) is 4.74 Å². The standard InChI is InChI=1S/C11H16Br2N2O/c1-3-16-8(2)5-14-7-11-10(13)4-9(12)6-15-11/h4,6,8,14H,3,5,7H2,1-2H3. The summed E-state index contributed by atoms with van der Waals surface area (Å²) in [6, 6.07) is 2.00. The van der Waals surface area contributed by atoms with E-state index in [1.165, 1.54) is 0 Å². The van der Waals surface area contributed by atoms with Crippen molar-refractivity contribution in [3.63, 3.8) is 0 Å². The van der Waals surface area contributed by atoms with Crippen LogP contribution in [0.1, 0.15) is 19.5 Å². The van der Waals surface area contributed by atoms with Gasteiger partial charge in [-0.1, -0.05) is 0 Å². The molecule has 1 atom stereocenters. The van der Waals surface area contributed by atoms with Crippen LogP contribution in [0.2, 0.25) is 0 Å². The number of rotatable bonds is 6. The minimum absolute atomic E-state index is 0.235. The van der Waals surface area contributed by atoms with Gasteiger partial charge in [0.25, 0.3) is 0 Å². The summed E-state index contributed by atoms with van der Waals surface area (Å²) in [6.45, 7) is 6.39. The second-order valence-electron chi connectivity index (χ2n) is 3.48. The summed E-state index contributed by atoms with van der Waals surface area (Å²) in [4.78, 5) is 4.32. The predicted molar refractivity (Wildman–Crippen MR) is 72.4 cm³/mol. The summed E-state index contributed by atoms with van der Waals surface area (Å²) in [7, 11) is 0. The summed E-state index contributed by atoms with van der Waals surface area (Å²) in [5.41, 5.74) is 1.01. The quantitative estimate of drug-likeness (QED) is 0.854. The fourth-order valence-electron chi connectivity index (χ4n) is 1.31. The SMILES string of the molecule is CCOC(C)CNCc1ncc(Br)cc1Br. The number of nitrogens with one attached hydrogen (secondary N) is 1. The minimum Gasteiger partial charge on any atom is -0.377 e. The van der Waals surface area contributed by atoms with Crippen molar-refractivity contribution in [1.82, 2.24) is 10.3 Å². The van der Waals surface area contributed by atoms with E-state index in [9.17, 15) is 0 Å². The van der Waals surface area contributed by atoms with Crippen LogP contribution in [0, 0.1) is 0 Å². The number of ether oxygens (including phenoxy) is 1. The highest BCUT2D eigenvalue weighted by atomic mass is 79.9. The lowest BCUT2D eigenvalue weighted by Crippen LogP contribution is -2.26. The average molecular weight is 352 g/mol. The highest BCUT2D eigenvalue weighted by Crippen LogP contribution is 2.19. The summed E-state index contributed by atoms with van der Waals surface area (Å²) in [6.07, 6.45) is 2.03. The monoisotopic (exact) mass is 350 g/mol. The van der Waals surface area contributed by atoms with E-state index in [0.717, 1.165) is 34.3 Å². The van der Waals surface area contributed by atoms with Crippen LogP contribution >= 0.6 is 31.9 Å². The zero-order valence-electron chi connectivity index (χ0n) is 9.46. The van der Waals surface area contributed by atoms with E-state index in [2.05, 4.69) is 49.1 Å². The summed E-state index contributed by atoms with van der Waals surface area (Å²) in [5.74, 6) is 0. The predicted octanol–water partition coefficient (Wildman–Crippen LogP) is 3.12. The molecule has 0 spiro atoms. The Labute approximate surface area is 113 Å². The van der Waals surface area contributed by atoms with E-state index in [-0.39, 0.29) is 6.10 Å². The third-order valence-corrected chi connectivity index (χ3v) is 3.18. The van der Waals surface area contributed by atoms with E-state index in [1.807, 2.05) is 13.0 Å². The molecule has 1 aromatic rings. The van der Waals surface area contributed by atoms with Gasteiger partial charge in [-0.3, -0.25) is 4.98 Å². The van der Waals surface area contributed by atoms with Gasteiger partial charge in [-0.2, -0.15) is 0 Å². The van der Waals surface area contributed by atoms with E-state index in [1.54, 1.807) is 6.20 Å². The van der Waals surface area contributed by atoms with Crippen LogP contribution in [0.4, 0.5) is 0 Å². The second-order valence-corrected chi connectivity index (χ2v) is 5.25. The summed E-state index contributed by atoms with van der Waals surface area (Å²) < 4.78 is 7.42. The Hall–Kier alpha value is 0.0300. The maximum atomic E-state index is 5.43. The molecule has 1 unspecified atom stereocenters. The number of nitrogens with zero attached hydrogens (tertiary/aromatic N) is 1. The first-order valence-electron chi connectivity index (χ1n) is 5.25. The van der Waals surface area contributed by atoms with Crippen molar-refractivity contribution in [3.05, 3.63) is 26.9 Å². The van der Waals surface area contributed by atoms with Gasteiger partial charge < -0.3 is 10.1 Å². The van der Waals surface area contributed by atoms with E-state index < -0.39 is 0 Å². The van der Waals surface area contributed by atoms with Crippen molar-refractivity contribution in [2.24, 2.45) is 0 Å². The molecule has 1 heterocycles. The van der Waals surface area contributed by atoms with Gasteiger partial charge in [-0.15, -0.1) is 0 Å². The van der Waals surface area contributed by atoms with E-state index >= 15 is 0 Å². The lowest BCUT2D eigenvalue weighted by molar-refractivity contribution is 0.0759. The Morgan fingerprint density at radius 3 is 2.88 bits per heavy atom. The van der Waals surface area contributed by atoms with Gasteiger partial charge in [-0.05, 0) is 51.8 Å². The molecule has 0 saturated carbocycles. The molecule has 0 bridgehead atoms. The molecule has 0 aliphatic rings. The molecule has 5 heteroatoms. The van der Waals surface area contributed by atoms with Crippen LogP contribution in [0.15, 0.2) is 21.2 Å². The third kappa shape index (κ3) is 4.91. The fraction of sp³-hybridized carbons (Fsp3) is 0.545. The molecule has 1 rings (SSSR count). The highest BCUT2D eigenvalue weighted by molar-refractivity contribution is 9.11. The van der Waals surface area contributed by atoms with Crippen LogP contribution < -0.4 is 5.32 Å². The van der Waals surface area contributed by atoms with Gasteiger partial charge in [0.2, 0.25) is 0 Å². The molecular weight excluding hydrogens is 336 g/mol. The Morgan fingerprint density at radius 2 is 2.25 bits per heavy atom. The maximum Gasteiger partial charge on any atom is 0.0684 e. The van der Waals surface area contributed by atoms with Crippen LogP contribution in [-0.4, -0.2) is 24.2 Å². The Morgan fingerprint density at radius 1 is 1.50 bits per heavy atom. The molecule has 0 radical (unpaired) electrons. The van der Waals surface area contributed by atoms with Gasteiger partial charge in [0, 0.05) is 34.8 Å². The molecule has 3 nitrogen and oxygen atoms in total. The van der Waals surface area contributed by atoms with Crippen molar-refractivity contribution in [2.45, 2.75) is 26.5 Å². The molecule has 0 aliphatic carbocycles. The Balaban J connectivity index is 2.37. The first kappa shape index (κ1) is 14.1. The van der Waals surface area contributed by atoms with Crippen LogP contribution in [-0.2, 0) is 11.3 Å². The number of hydrogen-bond donors (Lipinski definition) is 1. The average Bonchev–Trinajstić information content (AvgIpc) is 2.22. The number of pyridine rings is 1. The van der Waals surface area contributed by atoms with Gasteiger partial charge >= 0.3 is 0 Å². The maximum absolute atomic E-state index is 5.43. The smallest absolute Gasteiger partial charge is 0.0684 e. The molecular formula is C11H16Br2N2O. The topological polar surface area (TPSA) is 34.1 Å². The molecule has 0 aromatic carbocycles. The fourth-order valence-corrected chi connectivity index (χ4v) is 2.44. The van der Waals surface area contributed by atoms with Gasteiger partial charge in [0.05, 0.1) is 11.8 Å². The largest absolute Gasteiger partial charge is 0.377 e. The normalized spacial score (nSPS) is 12.8. The minimum atomic E-state index is 0.235. The van der Waals surface area contributed by atoms with Crippen molar-refractivity contribution in [2.75, 3.05) is 13.2 Å². The van der Waals surface area contributed by atoms with Crippen LogP contribution in [0.5, 0.6) is 0 Å². The zero-order chi connectivity index (χ0) is 12.0. The molecule has 1 N–H and O–H groups in total. The molecule has 0 fully saturated rings. The molecule has 0 saturated heterocycles. The van der Waals surface area contributed by atoms with Crippen molar-refractivity contribution < 1.29 is 4.74 Å². The van der Waals surface area contributed by atoms with Gasteiger partial charge in [0.15, 0.2) is 0 Å².